The molecule has 0 bridgehead atoms. The Hall–Kier alpha value is -2.64. The number of nitrogens with zero attached hydrogens (tertiary/aromatic N) is 2. The molecule has 0 radical (unpaired) electrons. The Morgan fingerprint density at radius 2 is 2.03 bits per heavy atom. The molecule has 0 aliphatic carbocycles. The first-order valence-electron chi connectivity index (χ1n) is 11.9. The first-order chi connectivity index (χ1) is 16.0. The van der Waals surface area contributed by atoms with Gasteiger partial charge in [0, 0.05) is 43.5 Å². The summed E-state index contributed by atoms with van der Waals surface area (Å²) in [6.45, 7) is 6.34. The smallest absolute Gasteiger partial charge is 0.258 e. The number of unbranched alkanes of at least 4 members (excludes halogenated alkanes) is 1. The van der Waals surface area contributed by atoms with Gasteiger partial charge in [-0.2, -0.15) is 0 Å². The van der Waals surface area contributed by atoms with Gasteiger partial charge in [0.1, 0.15) is 11.6 Å². The molecule has 0 spiro atoms. The minimum absolute atomic E-state index is 0.0683. The quantitative estimate of drug-likeness (QED) is 0.495. The maximum absolute atomic E-state index is 15.0. The molecule has 33 heavy (non-hydrogen) atoms. The van der Waals surface area contributed by atoms with Gasteiger partial charge in [-0.15, -0.1) is 0 Å². The summed E-state index contributed by atoms with van der Waals surface area (Å²) in [5.41, 5.74) is 1.56. The lowest BCUT2D eigenvalue weighted by Crippen LogP contribution is -2.41. The lowest BCUT2D eigenvalue weighted by atomic mass is 10.1. The number of halogens is 1. The van der Waals surface area contributed by atoms with Crippen LogP contribution in [-0.4, -0.2) is 56.4 Å². The van der Waals surface area contributed by atoms with Gasteiger partial charge in [0.15, 0.2) is 0 Å². The molecule has 3 rings (SSSR count). The van der Waals surface area contributed by atoms with Gasteiger partial charge in [-0.25, -0.2) is 4.39 Å². The van der Waals surface area contributed by atoms with Gasteiger partial charge in [0.05, 0.1) is 18.9 Å². The third kappa shape index (κ3) is 6.45. The molecule has 7 heteroatoms. The first-order valence-corrected chi connectivity index (χ1v) is 11.9. The molecule has 2 atom stereocenters. The number of aliphatic hydroxyl groups is 1. The fraction of sp³-hybridized carbons (Fsp3) is 0.500. The normalized spacial score (nSPS) is 16.6. The van der Waals surface area contributed by atoms with Crippen molar-refractivity contribution in [1.82, 2.24) is 5.32 Å². The van der Waals surface area contributed by atoms with Crippen molar-refractivity contribution in [3.05, 3.63) is 53.8 Å². The predicted octanol–water partition coefficient (Wildman–Crippen LogP) is 4.22. The molecular formula is C26H36FN3O3. The van der Waals surface area contributed by atoms with Crippen molar-refractivity contribution >= 4 is 17.3 Å². The molecule has 1 fully saturated rings. The van der Waals surface area contributed by atoms with Crippen molar-refractivity contribution in [2.75, 3.05) is 43.2 Å². The zero-order chi connectivity index (χ0) is 23.8. The van der Waals surface area contributed by atoms with E-state index in [1.807, 2.05) is 11.8 Å². The van der Waals surface area contributed by atoms with Crippen LogP contribution >= 0.6 is 0 Å². The molecule has 1 saturated heterocycles. The average molecular weight is 458 g/mol. The van der Waals surface area contributed by atoms with Crippen LogP contribution in [0.25, 0.3) is 0 Å². The van der Waals surface area contributed by atoms with Crippen LogP contribution in [0.5, 0.6) is 5.75 Å². The van der Waals surface area contributed by atoms with Crippen molar-refractivity contribution in [3.8, 4) is 5.75 Å². The Kier molecular flexibility index (Phi) is 9.09. The summed E-state index contributed by atoms with van der Waals surface area (Å²) >= 11 is 0. The maximum atomic E-state index is 15.0. The summed E-state index contributed by atoms with van der Waals surface area (Å²) in [5.74, 6) is 0.185. The molecule has 1 heterocycles. The minimum Gasteiger partial charge on any atom is -0.494 e. The van der Waals surface area contributed by atoms with Gasteiger partial charge in [-0.3, -0.25) is 4.79 Å². The summed E-state index contributed by atoms with van der Waals surface area (Å²) in [5, 5.41) is 12.8. The molecular weight excluding hydrogens is 421 g/mol. The van der Waals surface area contributed by atoms with E-state index in [1.54, 1.807) is 43.4 Å². The lowest BCUT2D eigenvalue weighted by molar-refractivity contribution is 0.0993. The highest BCUT2D eigenvalue weighted by Crippen LogP contribution is 2.28. The summed E-state index contributed by atoms with van der Waals surface area (Å²) < 4.78 is 20.6. The van der Waals surface area contributed by atoms with Gasteiger partial charge in [-0.1, -0.05) is 20.3 Å². The standard InChI is InChI=1S/C26H36FN3O3/c1-4-6-15-33-23-10-7-19(8-11-23)26(32)29(3)22-9-12-25(24(27)16-22)30-14-13-21(17-30)28-20(5-2)18-31/h7-12,16,20-21,28,31H,4-6,13-15,17-18H2,1-3H3. The maximum Gasteiger partial charge on any atom is 0.258 e. The fourth-order valence-electron chi connectivity index (χ4n) is 4.05. The van der Waals surface area contributed by atoms with E-state index in [0.717, 1.165) is 38.0 Å². The van der Waals surface area contributed by atoms with Crippen LogP contribution in [0.2, 0.25) is 0 Å². The number of rotatable bonds is 11. The number of hydrogen-bond donors (Lipinski definition) is 2. The second kappa shape index (κ2) is 12.0. The molecule has 0 saturated carbocycles. The average Bonchev–Trinajstić information content (AvgIpc) is 3.30. The van der Waals surface area contributed by atoms with Crippen molar-refractivity contribution in [2.45, 2.75) is 51.6 Å². The number of carbonyl (C=O) groups is 1. The fourth-order valence-corrected chi connectivity index (χ4v) is 4.05. The zero-order valence-corrected chi connectivity index (χ0v) is 19.9. The molecule has 1 aliphatic heterocycles. The van der Waals surface area contributed by atoms with Crippen LogP contribution in [0.1, 0.15) is 49.9 Å². The highest BCUT2D eigenvalue weighted by atomic mass is 19.1. The molecule has 2 N–H and O–H groups in total. The van der Waals surface area contributed by atoms with E-state index < -0.39 is 0 Å². The summed E-state index contributed by atoms with van der Waals surface area (Å²) in [7, 11) is 1.65. The van der Waals surface area contributed by atoms with Gasteiger partial charge in [0.25, 0.3) is 5.91 Å². The van der Waals surface area contributed by atoms with E-state index in [2.05, 4.69) is 12.2 Å². The van der Waals surface area contributed by atoms with Crippen molar-refractivity contribution in [2.24, 2.45) is 0 Å². The van der Waals surface area contributed by atoms with E-state index in [9.17, 15) is 14.3 Å². The van der Waals surface area contributed by atoms with Crippen LogP contribution in [-0.2, 0) is 0 Å². The first kappa shape index (κ1) is 25.0. The predicted molar refractivity (Wildman–Crippen MR) is 131 cm³/mol. The second-order valence-electron chi connectivity index (χ2n) is 8.61. The van der Waals surface area contributed by atoms with Crippen LogP contribution in [0.4, 0.5) is 15.8 Å². The minimum atomic E-state index is -0.346. The number of hydrogen-bond acceptors (Lipinski definition) is 5. The SMILES string of the molecule is CCCCOc1ccc(C(=O)N(C)c2ccc(N3CCC(NC(CC)CO)C3)c(F)c2)cc1. The summed E-state index contributed by atoms with van der Waals surface area (Å²) in [4.78, 5) is 16.4. The number of amides is 1. The molecule has 180 valence electrons. The van der Waals surface area contributed by atoms with E-state index in [0.29, 0.717) is 30.1 Å². The third-order valence-corrected chi connectivity index (χ3v) is 6.20. The van der Waals surface area contributed by atoms with Crippen molar-refractivity contribution < 1.29 is 19.0 Å². The third-order valence-electron chi connectivity index (χ3n) is 6.20. The highest BCUT2D eigenvalue weighted by molar-refractivity contribution is 6.05. The number of anilines is 2. The van der Waals surface area contributed by atoms with Gasteiger partial charge >= 0.3 is 0 Å². The molecule has 1 aliphatic rings. The zero-order valence-electron chi connectivity index (χ0n) is 19.9. The second-order valence-corrected chi connectivity index (χ2v) is 8.61. The number of carbonyl (C=O) groups excluding carboxylic acids is 1. The van der Waals surface area contributed by atoms with E-state index in [4.69, 9.17) is 4.74 Å². The Bertz CT molecular complexity index is 902. The monoisotopic (exact) mass is 457 g/mol. The Balaban J connectivity index is 1.62. The van der Waals surface area contributed by atoms with E-state index in [1.165, 1.54) is 11.0 Å². The van der Waals surface area contributed by atoms with Crippen LogP contribution in [0, 0.1) is 5.82 Å². The molecule has 2 aromatic carbocycles. The van der Waals surface area contributed by atoms with Crippen LogP contribution in [0.15, 0.2) is 42.5 Å². The van der Waals surface area contributed by atoms with Gasteiger partial charge < -0.3 is 25.0 Å². The van der Waals surface area contributed by atoms with E-state index in [-0.39, 0.29) is 30.4 Å². The molecule has 1 amide bonds. The number of nitrogens with one attached hydrogen (secondary N) is 1. The van der Waals surface area contributed by atoms with E-state index >= 15 is 0 Å². The molecule has 2 aromatic rings. The largest absolute Gasteiger partial charge is 0.494 e. The summed E-state index contributed by atoms with van der Waals surface area (Å²) in [6, 6.07) is 12.3. The topological polar surface area (TPSA) is 65.0 Å². The van der Waals surface area contributed by atoms with Gasteiger partial charge in [0.2, 0.25) is 0 Å². The van der Waals surface area contributed by atoms with Crippen LogP contribution in [0.3, 0.4) is 0 Å². The summed E-state index contributed by atoms with van der Waals surface area (Å²) in [6.07, 6.45) is 3.80. The number of aliphatic hydroxyl groups excluding tert-OH is 1. The molecule has 2 unspecified atom stereocenters. The highest BCUT2D eigenvalue weighted by Gasteiger charge is 2.26. The van der Waals surface area contributed by atoms with Crippen LogP contribution < -0.4 is 19.9 Å². The van der Waals surface area contributed by atoms with Crippen molar-refractivity contribution in [3.63, 3.8) is 0 Å². The Labute approximate surface area is 196 Å². The Morgan fingerprint density at radius 3 is 2.67 bits per heavy atom. The lowest BCUT2D eigenvalue weighted by Gasteiger charge is -2.23. The Morgan fingerprint density at radius 1 is 1.27 bits per heavy atom. The van der Waals surface area contributed by atoms with Crippen molar-refractivity contribution in [1.29, 1.82) is 0 Å². The molecule has 6 nitrogen and oxygen atoms in total. The molecule has 0 aromatic heterocycles. The number of benzene rings is 2. The number of ether oxygens (including phenoxy) is 1. The van der Waals surface area contributed by atoms with Gasteiger partial charge in [-0.05, 0) is 61.7 Å².